The Balaban J connectivity index is 1.90. The number of halogens is 1. The minimum absolute atomic E-state index is 0.00147. The van der Waals surface area contributed by atoms with Gasteiger partial charge in [0.15, 0.2) is 11.5 Å². The first-order chi connectivity index (χ1) is 12.0. The molecular weight excluding hydrogens is 345 g/mol. The van der Waals surface area contributed by atoms with E-state index in [-0.39, 0.29) is 10.7 Å². The molecule has 0 spiro atoms. The average Bonchev–Trinajstić information content (AvgIpc) is 2.86. The lowest BCUT2D eigenvalue weighted by atomic mass is 10.2. The molecule has 1 aliphatic heterocycles. The Morgan fingerprint density at radius 1 is 1.20 bits per heavy atom. The van der Waals surface area contributed by atoms with E-state index in [0.29, 0.717) is 23.6 Å². The molecule has 1 N–H and O–H groups in total. The van der Waals surface area contributed by atoms with E-state index in [1.807, 2.05) is 0 Å². The van der Waals surface area contributed by atoms with Gasteiger partial charge in [0.1, 0.15) is 5.82 Å². The molecular formula is C18H14FNO4S. The number of rotatable bonds is 4. The predicted octanol–water partition coefficient (Wildman–Crippen LogP) is 4.17. The van der Waals surface area contributed by atoms with Gasteiger partial charge >= 0.3 is 0 Å². The number of amides is 2. The number of aromatic hydroxyl groups is 1. The number of imide groups is 1. The summed E-state index contributed by atoms with van der Waals surface area (Å²) in [5.74, 6) is -0.626. The van der Waals surface area contributed by atoms with E-state index in [9.17, 15) is 19.1 Å². The third kappa shape index (κ3) is 3.51. The summed E-state index contributed by atoms with van der Waals surface area (Å²) in [7, 11) is 0. The SMILES string of the molecule is CCOc1cc(/C=C2\SC(=O)N(c3ccc(F)cc3)C2=O)ccc1O. The van der Waals surface area contributed by atoms with Gasteiger partial charge in [-0.3, -0.25) is 9.59 Å². The van der Waals surface area contributed by atoms with Crippen LogP contribution in [0.25, 0.3) is 6.08 Å². The van der Waals surface area contributed by atoms with Crippen molar-refractivity contribution >= 4 is 34.7 Å². The zero-order chi connectivity index (χ0) is 18.0. The fourth-order valence-corrected chi connectivity index (χ4v) is 3.16. The molecule has 2 aromatic rings. The number of thioether (sulfide) groups is 1. The van der Waals surface area contributed by atoms with Crippen LogP contribution in [-0.4, -0.2) is 22.9 Å². The van der Waals surface area contributed by atoms with Gasteiger partial charge in [-0.05, 0) is 66.7 Å². The monoisotopic (exact) mass is 359 g/mol. The lowest BCUT2D eigenvalue weighted by Gasteiger charge is -2.12. The lowest BCUT2D eigenvalue weighted by Crippen LogP contribution is -2.27. The molecule has 1 fully saturated rings. The third-order valence-corrected chi connectivity index (χ3v) is 4.33. The summed E-state index contributed by atoms with van der Waals surface area (Å²) in [5, 5.41) is 9.27. The fourth-order valence-electron chi connectivity index (χ4n) is 2.32. The van der Waals surface area contributed by atoms with Crippen molar-refractivity contribution in [1.29, 1.82) is 0 Å². The first kappa shape index (κ1) is 17.0. The number of hydrogen-bond donors (Lipinski definition) is 1. The molecule has 0 saturated carbocycles. The quantitative estimate of drug-likeness (QED) is 0.830. The summed E-state index contributed by atoms with van der Waals surface area (Å²) < 4.78 is 18.3. The van der Waals surface area contributed by atoms with Crippen molar-refractivity contribution in [3.8, 4) is 11.5 Å². The Hall–Kier alpha value is -2.80. The van der Waals surface area contributed by atoms with Crippen molar-refractivity contribution in [2.24, 2.45) is 0 Å². The molecule has 2 amide bonds. The second-order valence-corrected chi connectivity index (χ2v) is 6.15. The zero-order valence-electron chi connectivity index (χ0n) is 13.2. The Labute approximate surface area is 147 Å². The maximum absolute atomic E-state index is 13.0. The Bertz CT molecular complexity index is 864. The highest BCUT2D eigenvalue weighted by Crippen LogP contribution is 2.36. The van der Waals surface area contributed by atoms with Crippen LogP contribution in [0.3, 0.4) is 0 Å². The second kappa shape index (κ2) is 6.98. The minimum atomic E-state index is -0.479. The summed E-state index contributed by atoms with van der Waals surface area (Å²) >= 11 is 0.801. The molecule has 0 unspecified atom stereocenters. The molecule has 0 radical (unpaired) electrons. The van der Waals surface area contributed by atoms with E-state index in [1.54, 1.807) is 25.1 Å². The van der Waals surface area contributed by atoms with Crippen LogP contribution in [0.1, 0.15) is 12.5 Å². The van der Waals surface area contributed by atoms with Crippen LogP contribution < -0.4 is 9.64 Å². The highest BCUT2D eigenvalue weighted by molar-refractivity contribution is 8.19. The standard InChI is InChI=1S/C18H14FNO4S/c1-2-24-15-9-11(3-8-14(15)21)10-16-17(22)20(18(23)25-16)13-6-4-12(19)5-7-13/h3-10,21H,2H2,1H3/b16-10-. The van der Waals surface area contributed by atoms with E-state index in [0.717, 1.165) is 16.7 Å². The van der Waals surface area contributed by atoms with Gasteiger partial charge in [0, 0.05) is 0 Å². The highest BCUT2D eigenvalue weighted by atomic mass is 32.2. The van der Waals surface area contributed by atoms with Crippen LogP contribution in [0, 0.1) is 5.82 Å². The maximum atomic E-state index is 13.0. The summed E-state index contributed by atoms with van der Waals surface area (Å²) in [4.78, 5) is 25.9. The van der Waals surface area contributed by atoms with Gasteiger partial charge in [0.25, 0.3) is 11.1 Å². The summed E-state index contributed by atoms with van der Waals surface area (Å²) in [6, 6.07) is 9.80. The first-order valence-corrected chi connectivity index (χ1v) is 8.30. The van der Waals surface area contributed by atoms with Gasteiger partial charge in [-0.15, -0.1) is 0 Å². The van der Waals surface area contributed by atoms with Crippen LogP contribution in [0.2, 0.25) is 0 Å². The lowest BCUT2D eigenvalue weighted by molar-refractivity contribution is -0.113. The number of phenolic OH excluding ortho intramolecular Hbond substituents is 1. The van der Waals surface area contributed by atoms with E-state index in [4.69, 9.17) is 4.74 Å². The van der Waals surface area contributed by atoms with Gasteiger partial charge in [-0.1, -0.05) is 6.07 Å². The van der Waals surface area contributed by atoms with E-state index >= 15 is 0 Å². The summed E-state index contributed by atoms with van der Waals surface area (Å²) in [6.07, 6.45) is 1.55. The van der Waals surface area contributed by atoms with Crippen molar-refractivity contribution in [3.05, 3.63) is 58.8 Å². The molecule has 1 saturated heterocycles. The van der Waals surface area contributed by atoms with Crippen LogP contribution in [0.15, 0.2) is 47.4 Å². The van der Waals surface area contributed by atoms with Gasteiger partial charge in [0.2, 0.25) is 0 Å². The third-order valence-electron chi connectivity index (χ3n) is 3.46. The Morgan fingerprint density at radius 2 is 1.92 bits per heavy atom. The smallest absolute Gasteiger partial charge is 0.298 e. The Morgan fingerprint density at radius 3 is 2.60 bits per heavy atom. The van der Waals surface area contributed by atoms with Gasteiger partial charge in [-0.2, -0.15) is 0 Å². The van der Waals surface area contributed by atoms with Crippen LogP contribution in [-0.2, 0) is 4.79 Å². The molecule has 25 heavy (non-hydrogen) atoms. The molecule has 1 aliphatic rings. The van der Waals surface area contributed by atoms with Gasteiger partial charge in [0.05, 0.1) is 17.2 Å². The number of anilines is 1. The van der Waals surface area contributed by atoms with E-state index in [2.05, 4.69) is 0 Å². The molecule has 128 valence electrons. The van der Waals surface area contributed by atoms with Gasteiger partial charge < -0.3 is 9.84 Å². The molecule has 5 nitrogen and oxygen atoms in total. The summed E-state index contributed by atoms with van der Waals surface area (Å²) in [5.41, 5.74) is 0.930. The van der Waals surface area contributed by atoms with E-state index in [1.165, 1.54) is 30.3 Å². The van der Waals surface area contributed by atoms with Gasteiger partial charge in [-0.25, -0.2) is 9.29 Å². The number of benzene rings is 2. The largest absolute Gasteiger partial charge is 0.504 e. The minimum Gasteiger partial charge on any atom is -0.504 e. The van der Waals surface area contributed by atoms with Crippen molar-refractivity contribution in [2.75, 3.05) is 11.5 Å². The normalized spacial score (nSPS) is 15.9. The molecule has 2 aromatic carbocycles. The summed E-state index contributed by atoms with van der Waals surface area (Å²) in [6.45, 7) is 2.18. The predicted molar refractivity (Wildman–Crippen MR) is 94.1 cm³/mol. The molecule has 3 rings (SSSR count). The Kier molecular flexibility index (Phi) is 4.76. The van der Waals surface area contributed by atoms with Crippen molar-refractivity contribution in [2.45, 2.75) is 6.92 Å². The molecule has 1 heterocycles. The maximum Gasteiger partial charge on any atom is 0.298 e. The number of phenols is 1. The second-order valence-electron chi connectivity index (χ2n) is 5.15. The first-order valence-electron chi connectivity index (χ1n) is 7.49. The van der Waals surface area contributed by atoms with E-state index < -0.39 is 17.0 Å². The number of ether oxygens (including phenoxy) is 1. The van der Waals surface area contributed by atoms with Crippen LogP contribution >= 0.6 is 11.8 Å². The molecule has 0 aromatic heterocycles. The number of carbonyl (C=O) groups excluding carboxylic acids is 2. The highest BCUT2D eigenvalue weighted by Gasteiger charge is 2.36. The number of nitrogens with zero attached hydrogens (tertiary/aromatic N) is 1. The zero-order valence-corrected chi connectivity index (χ0v) is 14.0. The van der Waals surface area contributed by atoms with Crippen molar-refractivity contribution in [3.63, 3.8) is 0 Å². The number of carbonyl (C=O) groups is 2. The molecule has 7 heteroatoms. The molecule has 0 atom stereocenters. The average molecular weight is 359 g/mol. The molecule has 0 bridgehead atoms. The van der Waals surface area contributed by atoms with Crippen molar-refractivity contribution in [1.82, 2.24) is 0 Å². The molecule has 0 aliphatic carbocycles. The topological polar surface area (TPSA) is 66.8 Å². The number of hydrogen-bond acceptors (Lipinski definition) is 5. The van der Waals surface area contributed by atoms with Crippen LogP contribution in [0.5, 0.6) is 11.5 Å². The fraction of sp³-hybridized carbons (Fsp3) is 0.111. The van der Waals surface area contributed by atoms with Crippen molar-refractivity contribution < 1.29 is 23.8 Å². The van der Waals surface area contributed by atoms with Crippen LogP contribution in [0.4, 0.5) is 14.9 Å².